The number of fused-ring (bicyclic) bond motifs is 6. The van der Waals surface area contributed by atoms with Crippen molar-refractivity contribution in [2.75, 3.05) is 53.2 Å². The van der Waals surface area contributed by atoms with Crippen LogP contribution in [0.25, 0.3) is 21.8 Å². The molecule has 0 amide bonds. The number of hydrogen-bond donors (Lipinski definition) is 3. The second-order valence-electron chi connectivity index (χ2n) is 15.5. The van der Waals surface area contributed by atoms with Crippen molar-refractivity contribution >= 4 is 48.0 Å². The van der Waals surface area contributed by atoms with Gasteiger partial charge in [-0.3, -0.25) is 9.59 Å². The summed E-state index contributed by atoms with van der Waals surface area (Å²) in [7, 11) is -1.23. The molecule has 0 spiro atoms. The summed E-state index contributed by atoms with van der Waals surface area (Å²) < 4.78 is 34.6. The standard InChI is InChI=1S/C18H23NO3.C17H21NO3.2C3H9OP.C2H6.2CH4/c1-4-12-7-6-8-13-14-9-10-22-18(5-2,11-15(20)21)17(14)19(3)16(12)13;1-3-11-6-5-7-12-13-8-9-21-17(4-2,10-14(19)20)16(13)18-15(11)12;2*1-5(2,3)4;1-2;;/h6-8H,4-5,9-11H2,1-3H3,(H,20,21);5-7,18H,3-4,8-10H2,1-2H3,(H,19,20);2*1-3H3;1-2H3;2*1H4. The number of ether oxygens (including phenoxy) is 2. The second-order valence-corrected chi connectivity index (χ2v) is 23.1. The zero-order valence-electron chi connectivity index (χ0n) is 35.7. The normalized spacial score (nSPS) is 18.2. The van der Waals surface area contributed by atoms with E-state index in [2.05, 4.69) is 59.8 Å². The fraction of sp³-hybridized carbons (Fsp3) is 0.600. The monoisotopic (exact) mass is 835 g/mol. The van der Waals surface area contributed by atoms with Crippen LogP contribution in [0.1, 0.15) is 116 Å². The number of aliphatic carboxylic acids is 2. The summed E-state index contributed by atoms with van der Waals surface area (Å²) in [4.78, 5) is 26.2. The maximum absolute atomic E-state index is 11.4. The van der Waals surface area contributed by atoms with Crippen LogP contribution in [0.5, 0.6) is 0 Å². The molecule has 2 atom stereocenters. The van der Waals surface area contributed by atoms with E-state index >= 15 is 0 Å². The molecule has 2 unspecified atom stereocenters. The zero-order valence-corrected chi connectivity index (χ0v) is 37.5. The average Bonchev–Trinajstić information content (AvgIpc) is 3.64. The molecule has 6 rings (SSSR count). The van der Waals surface area contributed by atoms with Gasteiger partial charge in [0.2, 0.25) is 0 Å². The number of carbonyl (C=O) groups is 2. The number of nitrogens with one attached hydrogen (secondary N) is 1. The molecule has 57 heavy (non-hydrogen) atoms. The molecule has 2 aromatic heterocycles. The summed E-state index contributed by atoms with van der Waals surface area (Å²) in [5.74, 6) is -1.63. The Morgan fingerprint density at radius 1 is 0.719 bits per heavy atom. The van der Waals surface area contributed by atoms with Crippen LogP contribution in [0.15, 0.2) is 36.4 Å². The highest BCUT2D eigenvalue weighted by molar-refractivity contribution is 7.61. The van der Waals surface area contributed by atoms with E-state index in [0.717, 1.165) is 42.6 Å². The van der Waals surface area contributed by atoms with Gasteiger partial charge >= 0.3 is 11.9 Å². The largest absolute Gasteiger partial charge is 0.481 e. The lowest BCUT2D eigenvalue weighted by Crippen LogP contribution is -2.38. The number of rotatable bonds is 8. The molecular weight excluding hydrogens is 758 g/mol. The molecule has 2 aliphatic heterocycles. The third-order valence-electron chi connectivity index (χ3n) is 9.55. The van der Waals surface area contributed by atoms with Crippen molar-refractivity contribution in [1.82, 2.24) is 9.55 Å². The third kappa shape index (κ3) is 14.0. The van der Waals surface area contributed by atoms with Crippen LogP contribution >= 0.6 is 14.3 Å². The second kappa shape index (κ2) is 22.8. The molecule has 0 fully saturated rings. The molecule has 4 heterocycles. The maximum Gasteiger partial charge on any atom is 0.306 e. The van der Waals surface area contributed by atoms with Crippen molar-refractivity contribution in [1.29, 1.82) is 0 Å². The fourth-order valence-corrected chi connectivity index (χ4v) is 7.47. The number of H-pyrrole nitrogens is 1. The molecule has 3 N–H and O–H groups in total. The summed E-state index contributed by atoms with van der Waals surface area (Å²) in [5, 5.41) is 21.1. The Kier molecular flexibility index (Phi) is 21.6. The average molecular weight is 835 g/mol. The van der Waals surface area contributed by atoms with E-state index in [4.69, 9.17) is 9.47 Å². The van der Waals surface area contributed by atoms with E-state index in [0.29, 0.717) is 26.1 Å². The van der Waals surface area contributed by atoms with Gasteiger partial charge in [-0.05, 0) is 101 Å². The minimum atomic E-state index is -1.64. The highest BCUT2D eigenvalue weighted by Crippen LogP contribution is 2.44. The van der Waals surface area contributed by atoms with Crippen LogP contribution in [-0.2, 0) is 72.1 Å². The van der Waals surface area contributed by atoms with Crippen LogP contribution in [0.3, 0.4) is 0 Å². The first kappa shape index (κ1) is 53.8. The Hall–Kier alpha value is -3.16. The number of para-hydroxylation sites is 2. The molecule has 4 aromatic rings. The molecule has 0 saturated heterocycles. The van der Waals surface area contributed by atoms with Gasteiger partial charge in [-0.15, -0.1) is 0 Å². The molecule has 2 aromatic carbocycles. The fourth-order valence-electron chi connectivity index (χ4n) is 7.47. The topological polar surface area (TPSA) is 148 Å². The number of benzene rings is 2. The minimum Gasteiger partial charge on any atom is -0.481 e. The van der Waals surface area contributed by atoms with E-state index in [1.807, 2.05) is 34.7 Å². The summed E-state index contributed by atoms with van der Waals surface area (Å²) in [6.45, 7) is 23.9. The summed E-state index contributed by atoms with van der Waals surface area (Å²) >= 11 is 0. The SMILES string of the molecule is C.C.CC.CCc1cccc2c3c([nH]c12)C(CC)(CC(=O)O)OCC3.CCc1cccc2c3c(n(C)c12)C(CC)(CC(=O)O)OCC3.CP(C)(C)=O.CP(C)(C)=O. The highest BCUT2D eigenvalue weighted by atomic mass is 31.2. The minimum absolute atomic E-state index is 0. The van der Waals surface area contributed by atoms with Crippen molar-refractivity contribution in [3.8, 4) is 0 Å². The Bertz CT molecular complexity index is 1970. The number of hydrogen-bond acceptors (Lipinski definition) is 6. The highest BCUT2D eigenvalue weighted by Gasteiger charge is 2.43. The van der Waals surface area contributed by atoms with Crippen molar-refractivity contribution in [2.24, 2.45) is 7.05 Å². The van der Waals surface area contributed by atoms with Crippen LogP contribution < -0.4 is 0 Å². The van der Waals surface area contributed by atoms with Crippen molar-refractivity contribution in [3.05, 3.63) is 70.0 Å². The number of carboxylic acids is 2. The van der Waals surface area contributed by atoms with E-state index in [1.54, 1.807) is 40.0 Å². The lowest BCUT2D eigenvalue weighted by Gasteiger charge is -2.37. The Balaban J connectivity index is 0.000000838. The number of nitrogens with zero attached hydrogens (tertiary/aromatic N) is 1. The molecule has 324 valence electrons. The van der Waals surface area contributed by atoms with E-state index < -0.39 is 37.4 Å². The molecule has 12 heteroatoms. The van der Waals surface area contributed by atoms with Crippen molar-refractivity contribution in [2.45, 2.75) is 119 Å². The van der Waals surface area contributed by atoms with Gasteiger partial charge in [-0.2, -0.15) is 0 Å². The van der Waals surface area contributed by atoms with Crippen LogP contribution in [-0.4, -0.2) is 84.9 Å². The Morgan fingerprint density at radius 2 is 1.14 bits per heavy atom. The summed E-state index contributed by atoms with van der Waals surface area (Å²) in [6, 6.07) is 12.7. The van der Waals surface area contributed by atoms with Crippen LogP contribution in [0, 0.1) is 0 Å². The molecule has 0 bridgehead atoms. The molecular formula is C45H76N2O8P2. The van der Waals surface area contributed by atoms with Crippen LogP contribution in [0.2, 0.25) is 0 Å². The lowest BCUT2D eigenvalue weighted by atomic mass is 9.86. The summed E-state index contributed by atoms with van der Waals surface area (Å²) in [5.41, 5.74) is 8.02. The first-order valence-electron chi connectivity index (χ1n) is 19.6. The van der Waals surface area contributed by atoms with E-state index in [9.17, 15) is 28.9 Å². The first-order chi connectivity index (χ1) is 25.6. The van der Waals surface area contributed by atoms with Gasteiger partial charge in [-0.25, -0.2) is 0 Å². The first-order valence-corrected chi connectivity index (χ1v) is 25.7. The maximum atomic E-state index is 11.4. The zero-order chi connectivity index (χ0) is 41.9. The van der Waals surface area contributed by atoms with Gasteiger partial charge in [0.05, 0.1) is 57.2 Å². The van der Waals surface area contributed by atoms with Crippen molar-refractivity contribution in [3.63, 3.8) is 0 Å². The Morgan fingerprint density at radius 3 is 1.60 bits per heavy atom. The molecule has 0 aliphatic carbocycles. The lowest BCUT2D eigenvalue weighted by molar-refractivity contribution is -0.150. The van der Waals surface area contributed by atoms with E-state index in [-0.39, 0.29) is 27.7 Å². The van der Waals surface area contributed by atoms with Gasteiger partial charge < -0.3 is 38.4 Å². The number of carboxylic acid groups (broad SMARTS) is 2. The quantitative estimate of drug-likeness (QED) is 0.149. The van der Waals surface area contributed by atoms with Gasteiger partial charge in [0.1, 0.15) is 11.2 Å². The summed E-state index contributed by atoms with van der Waals surface area (Å²) in [6.07, 6.45) is 4.94. The molecule has 10 nitrogen and oxygen atoms in total. The predicted octanol–water partition coefficient (Wildman–Crippen LogP) is 11.6. The Labute approximate surface area is 344 Å². The van der Waals surface area contributed by atoms with Crippen molar-refractivity contribution < 1.29 is 38.4 Å². The van der Waals surface area contributed by atoms with Gasteiger partial charge in [-0.1, -0.05) is 92.8 Å². The van der Waals surface area contributed by atoms with Gasteiger partial charge in [0.25, 0.3) is 0 Å². The molecule has 0 saturated carbocycles. The number of aromatic amines is 1. The molecule has 2 aliphatic rings. The molecule has 0 radical (unpaired) electrons. The smallest absolute Gasteiger partial charge is 0.306 e. The van der Waals surface area contributed by atoms with E-state index in [1.165, 1.54) is 38.5 Å². The number of aromatic nitrogens is 2. The number of aryl methyl sites for hydroxylation is 3. The van der Waals surface area contributed by atoms with Crippen LogP contribution in [0.4, 0.5) is 0 Å². The predicted molar refractivity (Wildman–Crippen MR) is 243 cm³/mol. The van der Waals surface area contributed by atoms with Gasteiger partial charge in [0.15, 0.2) is 0 Å². The third-order valence-corrected chi connectivity index (χ3v) is 9.55. The van der Waals surface area contributed by atoms with Gasteiger partial charge in [0, 0.05) is 23.3 Å².